The Bertz CT molecular complexity index is 375. The molecule has 0 aliphatic heterocycles. The van der Waals surface area contributed by atoms with Crippen LogP contribution in [0.3, 0.4) is 0 Å². The van der Waals surface area contributed by atoms with Crippen molar-refractivity contribution in [2.24, 2.45) is 5.84 Å². The standard InChI is InChI=1S/C12H17F3N2/c1-8-3-4-10(5-9(8)2)6-11(17-16)7-12(13,14)15/h3-5,11,17H,6-7,16H2,1-2H3. The number of rotatable bonds is 4. The lowest BCUT2D eigenvalue weighted by molar-refractivity contribution is -0.140. The summed E-state index contributed by atoms with van der Waals surface area (Å²) in [7, 11) is 0. The van der Waals surface area contributed by atoms with E-state index in [0.29, 0.717) is 0 Å². The van der Waals surface area contributed by atoms with Gasteiger partial charge in [0.1, 0.15) is 0 Å². The van der Waals surface area contributed by atoms with Gasteiger partial charge in [-0.05, 0) is 37.0 Å². The zero-order chi connectivity index (χ0) is 13.1. The fourth-order valence-corrected chi connectivity index (χ4v) is 1.68. The maximum atomic E-state index is 12.2. The van der Waals surface area contributed by atoms with Gasteiger partial charge in [-0.3, -0.25) is 11.3 Å². The molecule has 1 unspecified atom stereocenters. The maximum Gasteiger partial charge on any atom is 0.390 e. The van der Waals surface area contributed by atoms with E-state index in [1.807, 2.05) is 32.0 Å². The number of nitrogens with one attached hydrogen (secondary N) is 1. The molecule has 17 heavy (non-hydrogen) atoms. The van der Waals surface area contributed by atoms with E-state index in [4.69, 9.17) is 5.84 Å². The van der Waals surface area contributed by atoms with Gasteiger partial charge in [-0.1, -0.05) is 18.2 Å². The molecule has 0 amide bonds. The summed E-state index contributed by atoms with van der Waals surface area (Å²) < 4.78 is 36.7. The van der Waals surface area contributed by atoms with Crippen LogP contribution in [0.1, 0.15) is 23.1 Å². The number of hydrogen-bond donors (Lipinski definition) is 2. The van der Waals surface area contributed by atoms with E-state index in [9.17, 15) is 13.2 Å². The molecule has 2 nitrogen and oxygen atoms in total. The molecule has 1 aromatic carbocycles. The molecule has 0 heterocycles. The van der Waals surface area contributed by atoms with Gasteiger partial charge in [0.05, 0.1) is 6.42 Å². The van der Waals surface area contributed by atoms with Crippen LogP contribution in [0.4, 0.5) is 13.2 Å². The maximum absolute atomic E-state index is 12.2. The molecule has 5 heteroatoms. The monoisotopic (exact) mass is 246 g/mol. The molecular weight excluding hydrogens is 229 g/mol. The van der Waals surface area contributed by atoms with Crippen LogP contribution in [0, 0.1) is 13.8 Å². The Morgan fingerprint density at radius 1 is 1.24 bits per heavy atom. The van der Waals surface area contributed by atoms with Crippen LogP contribution in [0.5, 0.6) is 0 Å². The summed E-state index contributed by atoms with van der Waals surface area (Å²) in [5.74, 6) is 5.15. The minimum atomic E-state index is -4.20. The molecule has 1 aromatic rings. The largest absolute Gasteiger partial charge is 0.390 e. The predicted molar refractivity (Wildman–Crippen MR) is 61.4 cm³/mol. The molecule has 3 N–H and O–H groups in total. The molecule has 0 saturated heterocycles. The molecule has 0 aliphatic rings. The summed E-state index contributed by atoms with van der Waals surface area (Å²) in [4.78, 5) is 0. The van der Waals surface area contributed by atoms with Crippen molar-refractivity contribution in [1.29, 1.82) is 0 Å². The van der Waals surface area contributed by atoms with E-state index in [1.54, 1.807) is 0 Å². The molecular formula is C12H17F3N2. The molecule has 0 bridgehead atoms. The van der Waals surface area contributed by atoms with Crippen LogP contribution in [-0.2, 0) is 6.42 Å². The van der Waals surface area contributed by atoms with Crippen molar-refractivity contribution in [3.63, 3.8) is 0 Å². The lowest BCUT2D eigenvalue weighted by Gasteiger charge is -2.18. The van der Waals surface area contributed by atoms with Crippen molar-refractivity contribution in [2.75, 3.05) is 0 Å². The SMILES string of the molecule is Cc1ccc(CC(CC(F)(F)F)NN)cc1C. The molecule has 0 aliphatic carbocycles. The van der Waals surface area contributed by atoms with Crippen LogP contribution >= 0.6 is 0 Å². The third-order valence-corrected chi connectivity index (χ3v) is 2.77. The van der Waals surface area contributed by atoms with Crippen molar-refractivity contribution in [1.82, 2.24) is 5.43 Å². The molecule has 1 atom stereocenters. The van der Waals surface area contributed by atoms with Crippen molar-refractivity contribution in [2.45, 2.75) is 38.9 Å². The zero-order valence-corrected chi connectivity index (χ0v) is 9.93. The van der Waals surface area contributed by atoms with Crippen LogP contribution in [0.25, 0.3) is 0 Å². The van der Waals surface area contributed by atoms with E-state index in [0.717, 1.165) is 16.7 Å². The summed E-state index contributed by atoms with van der Waals surface area (Å²) in [6, 6.07) is 4.86. The summed E-state index contributed by atoms with van der Waals surface area (Å²) in [6.07, 6.45) is -4.84. The Hall–Kier alpha value is -1.07. The van der Waals surface area contributed by atoms with Gasteiger partial charge in [0, 0.05) is 6.04 Å². The predicted octanol–water partition coefficient (Wildman–Crippen LogP) is 2.63. The zero-order valence-electron chi connectivity index (χ0n) is 9.93. The summed E-state index contributed by atoms with van der Waals surface area (Å²) in [6.45, 7) is 3.90. The number of alkyl halides is 3. The molecule has 0 saturated carbocycles. The average Bonchev–Trinajstić information content (AvgIpc) is 2.20. The van der Waals surface area contributed by atoms with Gasteiger partial charge in [0.25, 0.3) is 0 Å². The Morgan fingerprint density at radius 3 is 2.35 bits per heavy atom. The van der Waals surface area contributed by atoms with Gasteiger partial charge in [-0.2, -0.15) is 13.2 Å². The molecule has 0 spiro atoms. The topological polar surface area (TPSA) is 38.0 Å². The van der Waals surface area contributed by atoms with E-state index < -0.39 is 18.6 Å². The lowest BCUT2D eigenvalue weighted by Crippen LogP contribution is -2.40. The normalized spacial score (nSPS) is 13.8. The van der Waals surface area contributed by atoms with E-state index in [1.165, 1.54) is 0 Å². The number of halogens is 3. The number of benzene rings is 1. The van der Waals surface area contributed by atoms with Gasteiger partial charge in [0.2, 0.25) is 0 Å². The Labute approximate surface area is 99.0 Å². The van der Waals surface area contributed by atoms with E-state index in [-0.39, 0.29) is 6.42 Å². The first kappa shape index (κ1) is 14.0. The van der Waals surface area contributed by atoms with Crippen molar-refractivity contribution < 1.29 is 13.2 Å². The average molecular weight is 246 g/mol. The van der Waals surface area contributed by atoms with Crippen molar-refractivity contribution in [3.05, 3.63) is 34.9 Å². The van der Waals surface area contributed by atoms with Crippen LogP contribution in [-0.4, -0.2) is 12.2 Å². The minimum Gasteiger partial charge on any atom is -0.271 e. The van der Waals surface area contributed by atoms with Crippen LogP contribution in [0.15, 0.2) is 18.2 Å². The molecule has 0 fully saturated rings. The Balaban J connectivity index is 2.70. The van der Waals surface area contributed by atoms with Crippen molar-refractivity contribution >= 4 is 0 Å². The second-order valence-electron chi connectivity index (χ2n) is 4.31. The highest BCUT2D eigenvalue weighted by Crippen LogP contribution is 2.23. The van der Waals surface area contributed by atoms with E-state index in [2.05, 4.69) is 5.43 Å². The van der Waals surface area contributed by atoms with Crippen molar-refractivity contribution in [3.8, 4) is 0 Å². The molecule has 96 valence electrons. The first-order valence-electron chi connectivity index (χ1n) is 5.41. The lowest BCUT2D eigenvalue weighted by atomic mass is 9.99. The smallest absolute Gasteiger partial charge is 0.271 e. The molecule has 1 rings (SSSR count). The fraction of sp³-hybridized carbons (Fsp3) is 0.500. The van der Waals surface area contributed by atoms with Gasteiger partial charge in [-0.25, -0.2) is 0 Å². The van der Waals surface area contributed by atoms with Gasteiger partial charge in [-0.15, -0.1) is 0 Å². The number of nitrogens with two attached hydrogens (primary N) is 1. The molecule has 0 radical (unpaired) electrons. The molecule has 0 aromatic heterocycles. The summed E-state index contributed by atoms with van der Waals surface area (Å²) in [5.41, 5.74) is 5.28. The second-order valence-corrected chi connectivity index (χ2v) is 4.31. The highest BCUT2D eigenvalue weighted by molar-refractivity contribution is 5.30. The van der Waals surface area contributed by atoms with E-state index >= 15 is 0 Å². The van der Waals surface area contributed by atoms with Crippen LogP contribution < -0.4 is 11.3 Å². The fourth-order valence-electron chi connectivity index (χ4n) is 1.68. The first-order valence-corrected chi connectivity index (χ1v) is 5.41. The number of aryl methyl sites for hydroxylation is 2. The highest BCUT2D eigenvalue weighted by Gasteiger charge is 2.31. The third kappa shape index (κ3) is 4.75. The van der Waals surface area contributed by atoms with Crippen LogP contribution in [0.2, 0.25) is 0 Å². The number of hydrazine groups is 1. The summed E-state index contributed by atoms with van der Waals surface area (Å²) in [5, 5.41) is 0. The minimum absolute atomic E-state index is 0.275. The third-order valence-electron chi connectivity index (χ3n) is 2.77. The summed E-state index contributed by atoms with van der Waals surface area (Å²) >= 11 is 0. The van der Waals surface area contributed by atoms with Gasteiger partial charge in [0.15, 0.2) is 0 Å². The Kier molecular flexibility index (Phi) is 4.54. The van der Waals surface area contributed by atoms with Gasteiger partial charge >= 0.3 is 6.18 Å². The quantitative estimate of drug-likeness (QED) is 0.633. The van der Waals surface area contributed by atoms with Gasteiger partial charge < -0.3 is 0 Å². The second kappa shape index (κ2) is 5.51. The Morgan fingerprint density at radius 2 is 1.88 bits per heavy atom. The number of hydrogen-bond acceptors (Lipinski definition) is 2. The first-order chi connectivity index (χ1) is 7.81. The highest BCUT2D eigenvalue weighted by atomic mass is 19.4.